The molecule has 0 saturated carbocycles. The molecule has 0 rings (SSSR count). The molecule has 3 N–H and O–H groups in total. The van der Waals surface area contributed by atoms with E-state index in [1.807, 2.05) is 14.0 Å². The standard InChI is InChI=1S/C10H21N3OS/c1-8(10(14)12-2)7-13(3)6-4-5-9(11)15/h8H,4-7H2,1-3H3,(H2,11,15)(H,12,14). The van der Waals surface area contributed by atoms with Crippen molar-refractivity contribution in [1.29, 1.82) is 0 Å². The van der Waals surface area contributed by atoms with Crippen molar-refractivity contribution in [1.82, 2.24) is 10.2 Å². The molecule has 15 heavy (non-hydrogen) atoms. The molecule has 1 atom stereocenters. The van der Waals surface area contributed by atoms with Crippen LogP contribution in [-0.4, -0.2) is 43.0 Å². The van der Waals surface area contributed by atoms with E-state index in [0.717, 1.165) is 25.9 Å². The van der Waals surface area contributed by atoms with E-state index in [9.17, 15) is 4.79 Å². The van der Waals surface area contributed by atoms with Gasteiger partial charge in [-0.1, -0.05) is 19.1 Å². The molecule has 88 valence electrons. The number of carbonyl (C=O) groups excluding carboxylic acids is 1. The second-order valence-electron chi connectivity index (χ2n) is 3.85. The summed E-state index contributed by atoms with van der Waals surface area (Å²) in [6, 6.07) is 0. The molecule has 0 aliphatic heterocycles. The third kappa shape index (κ3) is 7.27. The first-order chi connectivity index (χ1) is 6.97. The van der Waals surface area contributed by atoms with Crippen LogP contribution in [0.1, 0.15) is 19.8 Å². The summed E-state index contributed by atoms with van der Waals surface area (Å²) in [5.74, 6) is 0.0982. The molecule has 0 radical (unpaired) electrons. The van der Waals surface area contributed by atoms with Crippen LogP contribution in [0.5, 0.6) is 0 Å². The summed E-state index contributed by atoms with van der Waals surface area (Å²) in [6.45, 7) is 3.60. The monoisotopic (exact) mass is 231 g/mol. The van der Waals surface area contributed by atoms with Crippen LogP contribution in [0.2, 0.25) is 0 Å². The molecule has 0 fully saturated rings. The highest BCUT2D eigenvalue weighted by Gasteiger charge is 2.12. The van der Waals surface area contributed by atoms with Crippen molar-refractivity contribution in [3.05, 3.63) is 0 Å². The lowest BCUT2D eigenvalue weighted by molar-refractivity contribution is -0.124. The smallest absolute Gasteiger partial charge is 0.223 e. The Hall–Kier alpha value is -0.680. The van der Waals surface area contributed by atoms with E-state index in [1.165, 1.54) is 0 Å². The molecule has 0 aromatic heterocycles. The third-order valence-corrected chi connectivity index (χ3v) is 2.45. The van der Waals surface area contributed by atoms with Crippen LogP contribution in [0.3, 0.4) is 0 Å². The number of rotatable bonds is 7. The van der Waals surface area contributed by atoms with Gasteiger partial charge < -0.3 is 16.0 Å². The highest BCUT2D eigenvalue weighted by atomic mass is 32.1. The number of hydrogen-bond donors (Lipinski definition) is 2. The molecular weight excluding hydrogens is 210 g/mol. The van der Waals surface area contributed by atoms with Crippen molar-refractivity contribution in [2.75, 3.05) is 27.2 Å². The van der Waals surface area contributed by atoms with E-state index in [4.69, 9.17) is 18.0 Å². The van der Waals surface area contributed by atoms with Gasteiger partial charge in [0, 0.05) is 19.5 Å². The fraction of sp³-hybridized carbons (Fsp3) is 0.800. The van der Waals surface area contributed by atoms with Gasteiger partial charge >= 0.3 is 0 Å². The third-order valence-electron chi connectivity index (χ3n) is 2.24. The largest absolute Gasteiger partial charge is 0.393 e. The van der Waals surface area contributed by atoms with Crippen molar-refractivity contribution in [3.8, 4) is 0 Å². The highest BCUT2D eigenvalue weighted by Crippen LogP contribution is 2.00. The van der Waals surface area contributed by atoms with Crippen LogP contribution in [0.4, 0.5) is 0 Å². The van der Waals surface area contributed by atoms with Crippen molar-refractivity contribution in [3.63, 3.8) is 0 Å². The van der Waals surface area contributed by atoms with Gasteiger partial charge in [-0.15, -0.1) is 0 Å². The molecule has 0 bridgehead atoms. The fourth-order valence-electron chi connectivity index (χ4n) is 1.41. The average molecular weight is 231 g/mol. The van der Waals surface area contributed by atoms with Gasteiger partial charge in [0.25, 0.3) is 0 Å². The summed E-state index contributed by atoms with van der Waals surface area (Å²) in [7, 11) is 3.66. The van der Waals surface area contributed by atoms with Gasteiger partial charge in [-0.25, -0.2) is 0 Å². The van der Waals surface area contributed by atoms with E-state index < -0.39 is 0 Å². The molecule has 5 heteroatoms. The van der Waals surface area contributed by atoms with Crippen LogP contribution in [0.25, 0.3) is 0 Å². The number of amides is 1. The quantitative estimate of drug-likeness (QED) is 0.621. The van der Waals surface area contributed by atoms with Crippen LogP contribution in [-0.2, 0) is 4.79 Å². The van der Waals surface area contributed by atoms with Crippen LogP contribution < -0.4 is 11.1 Å². The van der Waals surface area contributed by atoms with Crippen LogP contribution >= 0.6 is 12.2 Å². The van der Waals surface area contributed by atoms with Crippen molar-refractivity contribution in [2.45, 2.75) is 19.8 Å². The van der Waals surface area contributed by atoms with Gasteiger partial charge in [0.2, 0.25) is 5.91 Å². The van der Waals surface area contributed by atoms with Gasteiger partial charge in [0.1, 0.15) is 0 Å². The summed E-state index contributed by atoms with van der Waals surface area (Å²) in [6.07, 6.45) is 1.72. The summed E-state index contributed by atoms with van der Waals surface area (Å²) in [5.41, 5.74) is 5.40. The lowest BCUT2D eigenvalue weighted by Crippen LogP contribution is -2.34. The lowest BCUT2D eigenvalue weighted by atomic mass is 10.1. The summed E-state index contributed by atoms with van der Waals surface area (Å²) in [4.78, 5) is 13.9. The summed E-state index contributed by atoms with van der Waals surface area (Å²) < 4.78 is 0. The Morgan fingerprint density at radius 2 is 2.20 bits per heavy atom. The molecule has 0 aliphatic rings. The Morgan fingerprint density at radius 1 is 1.60 bits per heavy atom. The number of nitrogens with two attached hydrogens (primary N) is 1. The number of thiocarbonyl (C=S) groups is 1. The van der Waals surface area contributed by atoms with Gasteiger partial charge in [-0.3, -0.25) is 4.79 Å². The molecule has 0 heterocycles. The minimum Gasteiger partial charge on any atom is -0.393 e. The Morgan fingerprint density at radius 3 is 2.67 bits per heavy atom. The summed E-state index contributed by atoms with van der Waals surface area (Å²) in [5, 5.41) is 2.64. The predicted octanol–water partition coefficient (Wildman–Crippen LogP) is 0.367. The topological polar surface area (TPSA) is 58.4 Å². The second-order valence-corrected chi connectivity index (χ2v) is 4.37. The molecule has 0 aliphatic carbocycles. The SMILES string of the molecule is CNC(=O)C(C)CN(C)CCCC(N)=S. The molecule has 0 spiro atoms. The molecule has 0 aromatic rings. The zero-order valence-electron chi connectivity index (χ0n) is 9.75. The number of nitrogens with one attached hydrogen (secondary N) is 1. The maximum absolute atomic E-state index is 11.3. The predicted molar refractivity (Wildman–Crippen MR) is 66.7 cm³/mol. The Balaban J connectivity index is 3.68. The van der Waals surface area contributed by atoms with Gasteiger partial charge in [0.15, 0.2) is 0 Å². The first-order valence-corrected chi connectivity index (χ1v) is 5.56. The first kappa shape index (κ1) is 14.3. The Bertz CT molecular complexity index is 221. The van der Waals surface area contributed by atoms with Crippen molar-refractivity contribution < 1.29 is 4.79 Å². The van der Waals surface area contributed by atoms with E-state index in [2.05, 4.69) is 10.2 Å². The van der Waals surface area contributed by atoms with Crippen LogP contribution in [0, 0.1) is 5.92 Å². The Labute approximate surface area is 97.2 Å². The number of hydrogen-bond acceptors (Lipinski definition) is 3. The maximum Gasteiger partial charge on any atom is 0.223 e. The average Bonchev–Trinajstić information content (AvgIpc) is 2.15. The van der Waals surface area contributed by atoms with E-state index >= 15 is 0 Å². The molecular formula is C10H21N3OS. The minimum absolute atomic E-state index is 0.0184. The molecule has 0 aromatic carbocycles. The van der Waals surface area contributed by atoms with Gasteiger partial charge in [0.05, 0.1) is 4.99 Å². The normalized spacial score (nSPS) is 12.5. The molecule has 0 saturated heterocycles. The van der Waals surface area contributed by atoms with Gasteiger partial charge in [-0.05, 0) is 26.4 Å². The lowest BCUT2D eigenvalue weighted by Gasteiger charge is -2.20. The van der Waals surface area contributed by atoms with E-state index in [-0.39, 0.29) is 11.8 Å². The number of carbonyl (C=O) groups is 1. The van der Waals surface area contributed by atoms with E-state index in [1.54, 1.807) is 7.05 Å². The van der Waals surface area contributed by atoms with Crippen molar-refractivity contribution >= 4 is 23.1 Å². The van der Waals surface area contributed by atoms with Crippen molar-refractivity contribution in [2.24, 2.45) is 11.7 Å². The van der Waals surface area contributed by atoms with E-state index in [0.29, 0.717) is 4.99 Å². The highest BCUT2D eigenvalue weighted by molar-refractivity contribution is 7.80. The Kier molecular flexibility index (Phi) is 7.25. The van der Waals surface area contributed by atoms with Crippen LogP contribution in [0.15, 0.2) is 0 Å². The fourth-order valence-corrected chi connectivity index (χ4v) is 1.56. The second kappa shape index (κ2) is 7.59. The maximum atomic E-state index is 11.3. The number of nitrogens with zero attached hydrogens (tertiary/aromatic N) is 1. The zero-order valence-corrected chi connectivity index (χ0v) is 10.6. The molecule has 4 nitrogen and oxygen atoms in total. The summed E-state index contributed by atoms with van der Waals surface area (Å²) >= 11 is 4.79. The van der Waals surface area contributed by atoms with Gasteiger partial charge in [-0.2, -0.15) is 0 Å². The molecule has 1 amide bonds. The molecule has 1 unspecified atom stereocenters. The first-order valence-electron chi connectivity index (χ1n) is 5.15. The minimum atomic E-state index is 0.0184. The zero-order chi connectivity index (χ0) is 11.8.